The Hall–Kier alpha value is -3.68. The summed E-state index contributed by atoms with van der Waals surface area (Å²) in [6.07, 6.45) is 0. The average molecular weight is 350 g/mol. The molecule has 1 aliphatic heterocycles. The van der Waals surface area contributed by atoms with Crippen LogP contribution >= 0.6 is 0 Å². The number of rotatable bonds is 3. The van der Waals surface area contributed by atoms with E-state index in [1.807, 2.05) is 0 Å². The fraction of sp³-hybridized carbons (Fsp3) is 0.111. The second-order valence-corrected chi connectivity index (χ2v) is 5.92. The Kier molecular flexibility index (Phi) is 3.65. The van der Waals surface area contributed by atoms with Crippen molar-refractivity contribution in [3.8, 4) is 0 Å². The Bertz CT molecular complexity index is 1070. The van der Waals surface area contributed by atoms with Crippen LogP contribution in [-0.2, 0) is 16.1 Å². The molecule has 0 bridgehead atoms. The number of nitrogens with zero attached hydrogens (tertiary/aromatic N) is 2. The molecule has 4 amide bonds. The number of fused-ring (bicyclic) bond motifs is 2. The molecule has 130 valence electrons. The Morgan fingerprint density at radius 1 is 0.962 bits per heavy atom. The molecule has 0 spiro atoms. The summed E-state index contributed by atoms with van der Waals surface area (Å²) in [5.41, 5.74) is 3.55. The van der Waals surface area contributed by atoms with E-state index in [4.69, 9.17) is 0 Å². The molecule has 2 aromatic carbocycles. The molecule has 3 aromatic rings. The van der Waals surface area contributed by atoms with Crippen molar-refractivity contribution in [3.05, 3.63) is 58.8 Å². The summed E-state index contributed by atoms with van der Waals surface area (Å²) in [6, 6.07) is 13.4. The van der Waals surface area contributed by atoms with Gasteiger partial charge in [-0.05, 0) is 24.3 Å². The van der Waals surface area contributed by atoms with Gasteiger partial charge in [-0.25, -0.2) is 9.80 Å². The summed E-state index contributed by atoms with van der Waals surface area (Å²) in [4.78, 5) is 47.9. The van der Waals surface area contributed by atoms with Crippen LogP contribution in [-0.4, -0.2) is 34.0 Å². The first-order valence-electron chi connectivity index (χ1n) is 7.96. The van der Waals surface area contributed by atoms with E-state index in [9.17, 15) is 19.2 Å². The van der Waals surface area contributed by atoms with Crippen molar-refractivity contribution in [1.82, 2.24) is 20.3 Å². The van der Waals surface area contributed by atoms with Gasteiger partial charge in [0.2, 0.25) is 5.91 Å². The molecule has 2 N–H and O–H groups in total. The number of urea groups is 1. The highest BCUT2D eigenvalue weighted by molar-refractivity contribution is 6.02. The third kappa shape index (κ3) is 2.57. The Morgan fingerprint density at radius 2 is 1.54 bits per heavy atom. The van der Waals surface area contributed by atoms with E-state index in [-0.39, 0.29) is 18.5 Å². The van der Waals surface area contributed by atoms with Gasteiger partial charge < -0.3 is 4.57 Å². The molecule has 0 saturated carbocycles. The van der Waals surface area contributed by atoms with Crippen molar-refractivity contribution in [3.63, 3.8) is 0 Å². The van der Waals surface area contributed by atoms with Crippen LogP contribution in [0.5, 0.6) is 0 Å². The van der Waals surface area contributed by atoms with E-state index in [2.05, 4.69) is 10.7 Å². The summed E-state index contributed by atoms with van der Waals surface area (Å²) in [7, 11) is 0. The topological polar surface area (TPSA) is 101 Å². The molecule has 1 saturated heterocycles. The summed E-state index contributed by atoms with van der Waals surface area (Å²) in [5.74, 6) is -0.955. The van der Waals surface area contributed by atoms with Crippen LogP contribution in [0.2, 0.25) is 0 Å². The highest BCUT2D eigenvalue weighted by atomic mass is 16.2. The van der Waals surface area contributed by atoms with Crippen molar-refractivity contribution >= 4 is 39.7 Å². The standard InChI is InChI=1S/C18H14N4O4/c23-15-10-22(18(26)19-15)20-16(24)9-21-13-7-3-1-5-11(13)17(25)12-6-2-4-8-14(12)21/h1-8H,9-10H2,(H,20,24)(H,19,23,26). The third-order valence-electron chi connectivity index (χ3n) is 4.23. The van der Waals surface area contributed by atoms with Crippen molar-refractivity contribution in [2.24, 2.45) is 0 Å². The van der Waals surface area contributed by atoms with Gasteiger partial charge in [-0.2, -0.15) is 0 Å². The number of pyridine rings is 1. The first-order chi connectivity index (χ1) is 12.5. The number of carbonyl (C=O) groups is 3. The number of para-hydroxylation sites is 2. The molecule has 2 heterocycles. The first kappa shape index (κ1) is 15.8. The van der Waals surface area contributed by atoms with Crippen LogP contribution in [0, 0.1) is 0 Å². The molecular formula is C18H14N4O4. The minimum Gasteiger partial charge on any atom is -0.331 e. The molecule has 0 aliphatic carbocycles. The lowest BCUT2D eigenvalue weighted by molar-refractivity contribution is -0.125. The van der Waals surface area contributed by atoms with Gasteiger partial charge in [-0.15, -0.1) is 0 Å². The zero-order valence-electron chi connectivity index (χ0n) is 13.6. The van der Waals surface area contributed by atoms with Crippen LogP contribution in [0.25, 0.3) is 21.8 Å². The summed E-state index contributed by atoms with van der Waals surface area (Å²) >= 11 is 0. The highest BCUT2D eigenvalue weighted by Crippen LogP contribution is 2.19. The van der Waals surface area contributed by atoms with Crippen molar-refractivity contribution < 1.29 is 14.4 Å². The Labute approximate surface area is 147 Å². The van der Waals surface area contributed by atoms with Gasteiger partial charge in [-0.1, -0.05) is 24.3 Å². The lowest BCUT2D eigenvalue weighted by atomic mass is 10.1. The summed E-state index contributed by atoms with van der Waals surface area (Å²) < 4.78 is 1.72. The maximum atomic E-state index is 12.7. The predicted octanol–water partition coefficient (Wildman–Crippen LogP) is 0.738. The molecule has 1 fully saturated rings. The Morgan fingerprint density at radius 3 is 2.08 bits per heavy atom. The molecule has 1 aliphatic rings. The van der Waals surface area contributed by atoms with Crippen molar-refractivity contribution in [1.29, 1.82) is 0 Å². The second kappa shape index (κ2) is 5.99. The Balaban J connectivity index is 1.76. The van der Waals surface area contributed by atoms with E-state index >= 15 is 0 Å². The van der Waals surface area contributed by atoms with Gasteiger partial charge >= 0.3 is 6.03 Å². The molecule has 8 nitrogen and oxygen atoms in total. The number of hydrazine groups is 1. The van der Waals surface area contributed by atoms with Crippen molar-refractivity contribution in [2.75, 3.05) is 6.54 Å². The fourth-order valence-electron chi connectivity index (χ4n) is 3.11. The van der Waals surface area contributed by atoms with E-state index in [1.165, 1.54) is 0 Å². The first-order valence-corrected chi connectivity index (χ1v) is 7.96. The quantitative estimate of drug-likeness (QED) is 0.537. The van der Waals surface area contributed by atoms with Crippen LogP contribution in [0.1, 0.15) is 0 Å². The monoisotopic (exact) mass is 350 g/mol. The smallest absolute Gasteiger partial charge is 0.331 e. The molecule has 1 aromatic heterocycles. The van der Waals surface area contributed by atoms with Crippen LogP contribution in [0.4, 0.5) is 4.79 Å². The minimum atomic E-state index is -0.669. The molecule has 4 rings (SSSR count). The maximum Gasteiger partial charge on any atom is 0.343 e. The van der Waals surface area contributed by atoms with E-state index < -0.39 is 17.8 Å². The molecule has 0 unspecified atom stereocenters. The molecule has 8 heteroatoms. The normalized spacial score (nSPS) is 14.1. The van der Waals surface area contributed by atoms with Crippen LogP contribution in [0.3, 0.4) is 0 Å². The zero-order valence-corrected chi connectivity index (χ0v) is 13.6. The van der Waals surface area contributed by atoms with Gasteiger partial charge in [0.15, 0.2) is 5.43 Å². The minimum absolute atomic E-state index is 0.0997. The number of aromatic nitrogens is 1. The number of nitrogens with one attached hydrogen (secondary N) is 2. The lowest BCUT2D eigenvalue weighted by Crippen LogP contribution is -2.45. The van der Waals surface area contributed by atoms with Gasteiger partial charge in [0, 0.05) is 10.8 Å². The number of carbonyl (C=O) groups excluding carboxylic acids is 3. The molecule has 0 atom stereocenters. The predicted molar refractivity (Wildman–Crippen MR) is 94.1 cm³/mol. The third-order valence-corrected chi connectivity index (χ3v) is 4.23. The fourth-order valence-corrected chi connectivity index (χ4v) is 3.11. The lowest BCUT2D eigenvalue weighted by Gasteiger charge is -2.18. The SMILES string of the molecule is O=C1CN(NC(=O)Cn2c3ccccc3c(=O)c3ccccc32)C(=O)N1. The number of benzene rings is 2. The van der Waals surface area contributed by atoms with Crippen molar-refractivity contribution in [2.45, 2.75) is 6.54 Å². The molecule has 26 heavy (non-hydrogen) atoms. The summed E-state index contributed by atoms with van der Waals surface area (Å²) in [5, 5.41) is 4.03. The van der Waals surface area contributed by atoms with E-state index in [0.717, 1.165) is 5.01 Å². The highest BCUT2D eigenvalue weighted by Gasteiger charge is 2.28. The van der Waals surface area contributed by atoms with Crippen LogP contribution in [0.15, 0.2) is 53.3 Å². The number of imide groups is 1. The van der Waals surface area contributed by atoms with E-state index in [1.54, 1.807) is 53.1 Å². The zero-order chi connectivity index (χ0) is 18.3. The van der Waals surface area contributed by atoms with Gasteiger partial charge in [0.1, 0.15) is 13.1 Å². The number of hydrogen-bond donors (Lipinski definition) is 2. The summed E-state index contributed by atoms with van der Waals surface area (Å²) in [6.45, 7) is -0.338. The van der Waals surface area contributed by atoms with Gasteiger partial charge in [-0.3, -0.25) is 25.1 Å². The molecular weight excluding hydrogens is 336 g/mol. The van der Waals surface area contributed by atoms with E-state index in [0.29, 0.717) is 21.8 Å². The molecule has 0 radical (unpaired) electrons. The number of hydrogen-bond acceptors (Lipinski definition) is 4. The second-order valence-electron chi connectivity index (χ2n) is 5.92. The number of amides is 4. The average Bonchev–Trinajstić information content (AvgIpc) is 2.95. The van der Waals surface area contributed by atoms with Gasteiger partial charge in [0.05, 0.1) is 11.0 Å². The maximum absolute atomic E-state index is 12.7. The largest absolute Gasteiger partial charge is 0.343 e. The van der Waals surface area contributed by atoms with Crippen LogP contribution < -0.4 is 16.2 Å². The van der Waals surface area contributed by atoms with Gasteiger partial charge in [0.25, 0.3) is 5.91 Å².